The SMILES string of the molecule is COC(=O)/C(=C\N1CCC1)C(=O)NS(=O)(=O)c1ccccc1. The van der Waals surface area contributed by atoms with Gasteiger partial charge in [-0.15, -0.1) is 0 Å². The lowest BCUT2D eigenvalue weighted by atomic mass is 10.2. The van der Waals surface area contributed by atoms with E-state index < -0.39 is 21.9 Å². The first-order valence-electron chi connectivity index (χ1n) is 6.60. The summed E-state index contributed by atoms with van der Waals surface area (Å²) in [4.78, 5) is 25.5. The number of carbonyl (C=O) groups excluding carboxylic acids is 2. The molecule has 1 saturated heterocycles. The molecule has 1 aliphatic heterocycles. The van der Waals surface area contributed by atoms with Crippen LogP contribution in [0.4, 0.5) is 0 Å². The van der Waals surface area contributed by atoms with E-state index in [2.05, 4.69) is 4.74 Å². The van der Waals surface area contributed by atoms with Crippen LogP contribution < -0.4 is 4.72 Å². The van der Waals surface area contributed by atoms with Crippen LogP contribution in [0.1, 0.15) is 6.42 Å². The fourth-order valence-electron chi connectivity index (χ4n) is 1.80. The van der Waals surface area contributed by atoms with Gasteiger partial charge in [-0.25, -0.2) is 17.9 Å². The average molecular weight is 324 g/mol. The quantitative estimate of drug-likeness (QED) is 0.361. The van der Waals surface area contributed by atoms with Crippen molar-refractivity contribution in [2.75, 3.05) is 20.2 Å². The monoisotopic (exact) mass is 324 g/mol. The first-order valence-corrected chi connectivity index (χ1v) is 8.09. The average Bonchev–Trinajstić information content (AvgIpc) is 2.45. The van der Waals surface area contributed by atoms with Crippen LogP contribution >= 0.6 is 0 Å². The van der Waals surface area contributed by atoms with E-state index in [1.807, 2.05) is 4.72 Å². The highest BCUT2D eigenvalue weighted by Crippen LogP contribution is 2.12. The maximum absolute atomic E-state index is 12.1. The molecule has 118 valence electrons. The molecule has 1 N–H and O–H groups in total. The van der Waals surface area contributed by atoms with Crippen LogP contribution in [0.2, 0.25) is 0 Å². The fourth-order valence-corrected chi connectivity index (χ4v) is 2.79. The molecule has 1 aliphatic rings. The van der Waals surface area contributed by atoms with Crippen molar-refractivity contribution in [3.05, 3.63) is 42.1 Å². The topological polar surface area (TPSA) is 92.8 Å². The van der Waals surface area contributed by atoms with E-state index in [1.54, 1.807) is 11.0 Å². The number of sulfonamides is 1. The Kier molecular flexibility index (Phi) is 4.81. The smallest absolute Gasteiger partial charge is 0.345 e. The number of rotatable bonds is 5. The number of hydrogen-bond donors (Lipinski definition) is 1. The molecule has 1 amide bonds. The highest BCUT2D eigenvalue weighted by atomic mass is 32.2. The molecule has 8 heteroatoms. The molecule has 7 nitrogen and oxygen atoms in total. The minimum atomic E-state index is -4.04. The molecular weight excluding hydrogens is 308 g/mol. The summed E-state index contributed by atoms with van der Waals surface area (Å²) < 4.78 is 30.6. The molecule has 0 unspecified atom stereocenters. The molecule has 0 spiro atoms. The van der Waals surface area contributed by atoms with E-state index in [9.17, 15) is 18.0 Å². The van der Waals surface area contributed by atoms with E-state index in [-0.39, 0.29) is 10.5 Å². The molecule has 0 radical (unpaired) electrons. The van der Waals surface area contributed by atoms with Gasteiger partial charge in [-0.3, -0.25) is 4.79 Å². The number of nitrogens with one attached hydrogen (secondary N) is 1. The molecule has 1 fully saturated rings. The predicted molar refractivity (Wildman–Crippen MR) is 78.1 cm³/mol. The molecule has 1 heterocycles. The van der Waals surface area contributed by atoms with Gasteiger partial charge in [0.25, 0.3) is 15.9 Å². The van der Waals surface area contributed by atoms with Gasteiger partial charge in [0.1, 0.15) is 5.57 Å². The molecular formula is C14H16N2O5S. The van der Waals surface area contributed by atoms with Gasteiger partial charge in [-0.05, 0) is 18.6 Å². The maximum Gasteiger partial charge on any atom is 0.345 e. The molecule has 1 aromatic rings. The van der Waals surface area contributed by atoms with Crippen LogP contribution in [-0.2, 0) is 24.3 Å². The van der Waals surface area contributed by atoms with Crippen molar-refractivity contribution >= 4 is 21.9 Å². The maximum atomic E-state index is 12.1. The predicted octanol–water partition coefficient (Wildman–Crippen LogP) is 0.254. The van der Waals surface area contributed by atoms with Crippen LogP contribution in [0, 0.1) is 0 Å². The number of amides is 1. The summed E-state index contributed by atoms with van der Waals surface area (Å²) in [6, 6.07) is 7.44. The molecule has 1 aromatic carbocycles. The molecule has 0 atom stereocenters. The molecule has 0 saturated carbocycles. The van der Waals surface area contributed by atoms with Crippen molar-refractivity contribution in [3.63, 3.8) is 0 Å². The first-order chi connectivity index (χ1) is 10.4. The molecule has 0 aliphatic carbocycles. The van der Waals surface area contributed by atoms with E-state index in [4.69, 9.17) is 0 Å². The Morgan fingerprint density at radius 3 is 2.36 bits per heavy atom. The molecule has 22 heavy (non-hydrogen) atoms. The Balaban J connectivity index is 2.21. The van der Waals surface area contributed by atoms with Crippen molar-refractivity contribution < 1.29 is 22.7 Å². The number of likely N-dealkylation sites (tertiary alicyclic amines) is 1. The summed E-state index contributed by atoms with van der Waals surface area (Å²) in [5, 5.41) is 0. The second-order valence-electron chi connectivity index (χ2n) is 4.67. The van der Waals surface area contributed by atoms with Crippen molar-refractivity contribution in [1.82, 2.24) is 9.62 Å². The van der Waals surface area contributed by atoms with Crippen molar-refractivity contribution in [1.29, 1.82) is 0 Å². The van der Waals surface area contributed by atoms with Gasteiger partial charge >= 0.3 is 5.97 Å². The summed E-state index contributed by atoms with van der Waals surface area (Å²) in [5.74, 6) is -1.89. The normalized spacial score (nSPS) is 15.0. The van der Waals surface area contributed by atoms with Crippen molar-refractivity contribution in [3.8, 4) is 0 Å². The van der Waals surface area contributed by atoms with Crippen LogP contribution in [-0.4, -0.2) is 45.4 Å². The Hall–Kier alpha value is -2.35. The number of methoxy groups -OCH3 is 1. The zero-order chi connectivity index (χ0) is 16.2. The molecule has 0 aromatic heterocycles. The first kappa shape index (κ1) is 16.0. The van der Waals surface area contributed by atoms with Gasteiger partial charge in [-0.1, -0.05) is 18.2 Å². The summed E-state index contributed by atoms with van der Waals surface area (Å²) in [5.41, 5.74) is -0.346. The third-order valence-corrected chi connectivity index (χ3v) is 4.48. The minimum absolute atomic E-state index is 0.0588. The molecule has 2 rings (SSSR count). The van der Waals surface area contributed by atoms with E-state index in [1.165, 1.54) is 30.5 Å². The lowest BCUT2D eigenvalue weighted by Crippen LogP contribution is -2.38. The van der Waals surface area contributed by atoms with Gasteiger partial charge in [0, 0.05) is 19.3 Å². The number of benzene rings is 1. The summed E-state index contributed by atoms with van der Waals surface area (Å²) in [6.45, 7) is 1.42. The van der Waals surface area contributed by atoms with Crippen molar-refractivity contribution in [2.45, 2.75) is 11.3 Å². The largest absolute Gasteiger partial charge is 0.465 e. The number of ether oxygens (including phenoxy) is 1. The van der Waals surface area contributed by atoms with E-state index in [0.29, 0.717) is 13.1 Å². The van der Waals surface area contributed by atoms with Gasteiger partial charge in [0.05, 0.1) is 12.0 Å². The third-order valence-electron chi connectivity index (χ3n) is 3.13. The Morgan fingerprint density at radius 2 is 1.86 bits per heavy atom. The van der Waals surface area contributed by atoms with E-state index >= 15 is 0 Å². The van der Waals surface area contributed by atoms with Gasteiger partial charge < -0.3 is 9.64 Å². The summed E-state index contributed by atoms with van der Waals surface area (Å²) in [6.07, 6.45) is 2.28. The van der Waals surface area contributed by atoms with Crippen molar-refractivity contribution in [2.24, 2.45) is 0 Å². The summed E-state index contributed by atoms with van der Waals surface area (Å²) in [7, 11) is -2.91. The highest BCUT2D eigenvalue weighted by molar-refractivity contribution is 7.90. The van der Waals surface area contributed by atoms with E-state index in [0.717, 1.165) is 13.5 Å². The molecule has 0 bridgehead atoms. The summed E-state index contributed by atoms with van der Waals surface area (Å²) >= 11 is 0. The second-order valence-corrected chi connectivity index (χ2v) is 6.35. The lowest BCUT2D eigenvalue weighted by molar-refractivity contribution is -0.138. The Morgan fingerprint density at radius 1 is 1.23 bits per heavy atom. The van der Waals surface area contributed by atoms with Crippen LogP contribution in [0.3, 0.4) is 0 Å². The third kappa shape index (κ3) is 3.64. The minimum Gasteiger partial charge on any atom is -0.465 e. The van der Waals surface area contributed by atoms with Crippen LogP contribution in [0.15, 0.2) is 47.0 Å². The van der Waals surface area contributed by atoms with Gasteiger partial charge in [0.2, 0.25) is 0 Å². The number of esters is 1. The fraction of sp³-hybridized carbons (Fsp3) is 0.286. The second kappa shape index (κ2) is 6.61. The number of nitrogens with zero attached hydrogens (tertiary/aromatic N) is 1. The Bertz CT molecular complexity index is 693. The lowest BCUT2D eigenvalue weighted by Gasteiger charge is -2.29. The van der Waals surface area contributed by atoms with Crippen LogP contribution in [0.5, 0.6) is 0 Å². The van der Waals surface area contributed by atoms with Gasteiger partial charge in [0.15, 0.2) is 0 Å². The standard InChI is InChI=1S/C14H16N2O5S/c1-21-14(18)12(10-16-8-5-9-16)13(17)15-22(19,20)11-6-3-2-4-7-11/h2-4,6-7,10H,5,8-9H2,1H3,(H,15,17)/b12-10-. The highest BCUT2D eigenvalue weighted by Gasteiger charge is 2.26. The van der Waals surface area contributed by atoms with Crippen LogP contribution in [0.25, 0.3) is 0 Å². The van der Waals surface area contributed by atoms with Gasteiger partial charge in [-0.2, -0.15) is 0 Å². The zero-order valence-electron chi connectivity index (χ0n) is 12.0. The number of carbonyl (C=O) groups is 2. The zero-order valence-corrected chi connectivity index (χ0v) is 12.8. The number of hydrogen-bond acceptors (Lipinski definition) is 6. The Labute approximate surface area is 128 Å².